The molecule has 0 radical (unpaired) electrons. The quantitative estimate of drug-likeness (QED) is 0.528. The Kier molecular flexibility index (Phi) is 3.24. The molecule has 0 spiro atoms. The summed E-state index contributed by atoms with van der Waals surface area (Å²) in [6.45, 7) is 0.549. The van der Waals surface area contributed by atoms with Crippen LogP contribution in [0.15, 0.2) is 60.7 Å². The fourth-order valence-electron chi connectivity index (χ4n) is 3.08. The summed E-state index contributed by atoms with van der Waals surface area (Å²) in [6, 6.07) is 17.5. The van der Waals surface area contributed by atoms with E-state index in [2.05, 4.69) is 4.57 Å². The molecule has 1 N–H and O–H groups in total. The van der Waals surface area contributed by atoms with Gasteiger partial charge in [0, 0.05) is 17.3 Å². The number of para-hydroxylation sites is 1. The average molecular weight is 326 g/mol. The van der Waals surface area contributed by atoms with E-state index in [-0.39, 0.29) is 11.6 Å². The van der Waals surface area contributed by atoms with E-state index in [0.29, 0.717) is 11.6 Å². The van der Waals surface area contributed by atoms with Crippen LogP contribution in [-0.4, -0.2) is 9.67 Å². The zero-order chi connectivity index (χ0) is 16.0. The Morgan fingerprint density at radius 1 is 0.957 bits per heavy atom. The van der Waals surface area contributed by atoms with Gasteiger partial charge in [0.15, 0.2) is 0 Å². The molecule has 4 aromatic rings. The largest absolute Gasteiger partial charge is 0.507 e. The van der Waals surface area contributed by atoms with Crippen molar-refractivity contribution in [1.29, 1.82) is 0 Å². The van der Waals surface area contributed by atoms with Gasteiger partial charge in [-0.25, -0.2) is 4.39 Å². The second kappa shape index (κ2) is 5.28. The van der Waals surface area contributed by atoms with Crippen LogP contribution in [0.25, 0.3) is 21.8 Å². The fraction of sp³-hybridized carbons (Fsp3) is 0.0526. The SMILES string of the molecule is Oc1cccc2c1c1cccc(Cl)c1n2Cc1ccc(F)cc1. The minimum Gasteiger partial charge on any atom is -0.507 e. The van der Waals surface area contributed by atoms with Gasteiger partial charge in [-0.05, 0) is 35.9 Å². The molecule has 1 heterocycles. The molecule has 0 bridgehead atoms. The van der Waals surface area contributed by atoms with E-state index >= 15 is 0 Å². The molecule has 0 aliphatic rings. The molecule has 23 heavy (non-hydrogen) atoms. The molecule has 0 saturated heterocycles. The molecule has 0 fully saturated rings. The van der Waals surface area contributed by atoms with Crippen LogP contribution in [0.1, 0.15) is 5.56 Å². The highest BCUT2D eigenvalue weighted by Crippen LogP contribution is 2.38. The minimum atomic E-state index is -0.258. The molecule has 0 aliphatic carbocycles. The molecule has 0 saturated carbocycles. The van der Waals surface area contributed by atoms with E-state index in [1.165, 1.54) is 12.1 Å². The van der Waals surface area contributed by atoms with E-state index in [1.807, 2.05) is 30.3 Å². The maximum Gasteiger partial charge on any atom is 0.125 e. The predicted octanol–water partition coefficient (Wildman–Crippen LogP) is 5.34. The van der Waals surface area contributed by atoms with Crippen LogP contribution in [0.2, 0.25) is 5.02 Å². The van der Waals surface area contributed by atoms with E-state index < -0.39 is 0 Å². The third-order valence-electron chi connectivity index (χ3n) is 4.09. The third kappa shape index (κ3) is 2.25. The van der Waals surface area contributed by atoms with E-state index in [1.54, 1.807) is 18.2 Å². The number of hydrogen-bond acceptors (Lipinski definition) is 1. The second-order valence-corrected chi connectivity index (χ2v) is 5.93. The van der Waals surface area contributed by atoms with Crippen LogP contribution in [-0.2, 0) is 6.54 Å². The van der Waals surface area contributed by atoms with Gasteiger partial charge in [0.2, 0.25) is 0 Å². The highest BCUT2D eigenvalue weighted by molar-refractivity contribution is 6.36. The van der Waals surface area contributed by atoms with Crippen molar-refractivity contribution in [2.24, 2.45) is 0 Å². The number of aromatic hydroxyl groups is 1. The van der Waals surface area contributed by atoms with Crippen molar-refractivity contribution >= 4 is 33.4 Å². The van der Waals surface area contributed by atoms with Crippen molar-refractivity contribution in [2.45, 2.75) is 6.54 Å². The Labute approximate surface area is 137 Å². The average Bonchev–Trinajstić information content (AvgIpc) is 2.86. The molecule has 0 atom stereocenters. The minimum absolute atomic E-state index is 0.229. The first kappa shape index (κ1) is 14.1. The number of aromatic nitrogens is 1. The van der Waals surface area contributed by atoms with Crippen LogP contribution >= 0.6 is 11.6 Å². The van der Waals surface area contributed by atoms with E-state index in [0.717, 1.165) is 27.4 Å². The lowest BCUT2D eigenvalue weighted by Gasteiger charge is -2.09. The molecule has 3 aromatic carbocycles. The van der Waals surface area contributed by atoms with Gasteiger partial charge in [-0.15, -0.1) is 0 Å². The smallest absolute Gasteiger partial charge is 0.125 e. The monoisotopic (exact) mass is 325 g/mol. The summed E-state index contributed by atoms with van der Waals surface area (Å²) in [5, 5.41) is 12.6. The maximum atomic E-state index is 13.1. The van der Waals surface area contributed by atoms with Gasteiger partial charge in [-0.2, -0.15) is 0 Å². The third-order valence-corrected chi connectivity index (χ3v) is 4.40. The Morgan fingerprint density at radius 2 is 1.70 bits per heavy atom. The number of phenols is 1. The van der Waals surface area contributed by atoms with Crippen molar-refractivity contribution in [3.8, 4) is 5.75 Å². The summed E-state index contributed by atoms with van der Waals surface area (Å²) in [6.07, 6.45) is 0. The zero-order valence-corrected chi connectivity index (χ0v) is 12.9. The number of phenolic OH excluding ortho intramolecular Hbond substituents is 1. The molecule has 1 aromatic heterocycles. The highest BCUT2D eigenvalue weighted by atomic mass is 35.5. The van der Waals surface area contributed by atoms with Crippen LogP contribution < -0.4 is 0 Å². The van der Waals surface area contributed by atoms with Gasteiger partial charge < -0.3 is 9.67 Å². The van der Waals surface area contributed by atoms with Gasteiger partial charge in [0.05, 0.1) is 16.1 Å². The van der Waals surface area contributed by atoms with Gasteiger partial charge in [0.25, 0.3) is 0 Å². The van der Waals surface area contributed by atoms with E-state index in [9.17, 15) is 9.50 Å². The summed E-state index contributed by atoms with van der Waals surface area (Å²) in [4.78, 5) is 0. The summed E-state index contributed by atoms with van der Waals surface area (Å²) >= 11 is 6.41. The second-order valence-electron chi connectivity index (χ2n) is 5.52. The summed E-state index contributed by atoms with van der Waals surface area (Å²) in [5.41, 5.74) is 2.74. The Hall–Kier alpha value is -2.52. The summed E-state index contributed by atoms with van der Waals surface area (Å²) in [5.74, 6) is -0.0285. The van der Waals surface area contributed by atoms with Gasteiger partial charge in [-0.3, -0.25) is 0 Å². The van der Waals surface area contributed by atoms with Crippen LogP contribution in [0.3, 0.4) is 0 Å². The lowest BCUT2D eigenvalue weighted by molar-refractivity contribution is 0.482. The molecule has 0 amide bonds. The molecule has 4 heteroatoms. The number of halogens is 2. The Bertz CT molecular complexity index is 1020. The normalized spacial score (nSPS) is 11.4. The number of nitrogens with zero attached hydrogens (tertiary/aromatic N) is 1. The lowest BCUT2D eigenvalue weighted by Crippen LogP contribution is -1.99. The molecule has 0 unspecified atom stereocenters. The van der Waals surface area contributed by atoms with Crippen molar-refractivity contribution in [2.75, 3.05) is 0 Å². The molecular weight excluding hydrogens is 313 g/mol. The predicted molar refractivity (Wildman–Crippen MR) is 91.6 cm³/mol. The summed E-state index contributed by atoms with van der Waals surface area (Å²) < 4.78 is 15.2. The number of hydrogen-bond donors (Lipinski definition) is 1. The van der Waals surface area contributed by atoms with Crippen LogP contribution in [0, 0.1) is 5.82 Å². The molecule has 0 aliphatic heterocycles. The maximum absolute atomic E-state index is 13.1. The molecule has 114 valence electrons. The number of rotatable bonds is 2. The topological polar surface area (TPSA) is 25.2 Å². The molecular formula is C19H13ClFNO. The van der Waals surface area contributed by atoms with E-state index in [4.69, 9.17) is 11.6 Å². The zero-order valence-electron chi connectivity index (χ0n) is 12.1. The fourth-order valence-corrected chi connectivity index (χ4v) is 3.35. The van der Waals surface area contributed by atoms with Gasteiger partial charge in [-0.1, -0.05) is 41.9 Å². The van der Waals surface area contributed by atoms with Crippen LogP contribution in [0.4, 0.5) is 4.39 Å². The van der Waals surface area contributed by atoms with Gasteiger partial charge in [0.1, 0.15) is 11.6 Å². The van der Waals surface area contributed by atoms with Crippen molar-refractivity contribution in [3.63, 3.8) is 0 Å². The first-order valence-electron chi connectivity index (χ1n) is 7.28. The van der Waals surface area contributed by atoms with Crippen molar-refractivity contribution in [1.82, 2.24) is 4.57 Å². The standard InChI is InChI=1S/C19H13ClFNO/c20-15-4-1-3-14-18-16(5-2-6-17(18)23)22(19(14)15)11-12-7-9-13(21)10-8-12/h1-10,23H,11H2. The Morgan fingerprint density at radius 3 is 2.48 bits per heavy atom. The Balaban J connectivity index is 2.03. The lowest BCUT2D eigenvalue weighted by atomic mass is 10.1. The molecule has 2 nitrogen and oxygen atoms in total. The highest BCUT2D eigenvalue weighted by Gasteiger charge is 2.15. The van der Waals surface area contributed by atoms with Crippen molar-refractivity contribution in [3.05, 3.63) is 77.1 Å². The van der Waals surface area contributed by atoms with Crippen LogP contribution in [0.5, 0.6) is 5.75 Å². The van der Waals surface area contributed by atoms with Gasteiger partial charge >= 0.3 is 0 Å². The first-order valence-corrected chi connectivity index (χ1v) is 7.66. The molecule has 4 rings (SSSR count). The number of fused-ring (bicyclic) bond motifs is 3. The van der Waals surface area contributed by atoms with Crippen molar-refractivity contribution < 1.29 is 9.50 Å². The first-order chi connectivity index (χ1) is 11.1. The summed E-state index contributed by atoms with van der Waals surface area (Å²) in [7, 11) is 0. The number of benzene rings is 3.